The van der Waals surface area contributed by atoms with E-state index in [0.717, 1.165) is 23.1 Å². The number of benzene rings is 6. The molecule has 0 aliphatic heterocycles. The normalized spacial score (nSPS) is 15.8. The van der Waals surface area contributed by atoms with Crippen LogP contribution in [0.5, 0.6) is 0 Å². The van der Waals surface area contributed by atoms with Crippen molar-refractivity contribution in [2.24, 2.45) is 0 Å². The van der Waals surface area contributed by atoms with Crippen molar-refractivity contribution in [3.8, 4) is 0 Å². The standard InChI is InChI=1S/C51H44S/c1-8-9-16-34(4)48-40-18-10-12-20-42(40)49(43-21-13-11-19-41(43)48)35(5)24-23-32(2)33(3)25-28-38-29-37-27-26-36-30-47-45(31-44(36)50(37)51(38,6)7)39-17-14-15-22-46(39)52-47/h8-28,30-31H,2,5,29H2,1,3-4,6-7H3/b9-8-,24-23-,33-25+,34-16+,38-28+. The Balaban J connectivity index is 1.10. The first-order valence-corrected chi connectivity index (χ1v) is 19.0. The summed E-state index contributed by atoms with van der Waals surface area (Å²) in [6.45, 7) is 20.3. The van der Waals surface area contributed by atoms with Crippen LogP contribution in [0.15, 0.2) is 169 Å². The Labute approximate surface area is 311 Å². The van der Waals surface area contributed by atoms with E-state index >= 15 is 0 Å². The first kappa shape index (κ1) is 33.6. The summed E-state index contributed by atoms with van der Waals surface area (Å²) in [6, 6.07) is 35.7. The Kier molecular flexibility index (Phi) is 8.56. The Morgan fingerprint density at radius 3 is 1.98 bits per heavy atom. The zero-order valence-corrected chi connectivity index (χ0v) is 31.6. The Bertz CT molecular complexity index is 2730. The third-order valence-corrected chi connectivity index (χ3v) is 12.3. The molecule has 6 aromatic carbocycles. The quantitative estimate of drug-likeness (QED) is 0.115. The molecule has 0 bridgehead atoms. The lowest BCUT2D eigenvalue weighted by atomic mass is 9.80. The minimum atomic E-state index is -0.0781. The summed E-state index contributed by atoms with van der Waals surface area (Å²) in [5.41, 5.74) is 11.1. The highest BCUT2D eigenvalue weighted by Gasteiger charge is 2.35. The van der Waals surface area contributed by atoms with Crippen molar-refractivity contribution in [1.29, 1.82) is 0 Å². The van der Waals surface area contributed by atoms with E-state index in [1.165, 1.54) is 85.9 Å². The SMILES string of the molecule is C=C(/C=C\C(=C)c1c2ccccc2c(/C(C)=C/C=C\C)c2ccccc12)/C(C)=C/C=C1\Cc2ccc3cc4sc5ccccc5c4cc3c2C1(C)C. The molecule has 52 heavy (non-hydrogen) atoms. The molecule has 1 aliphatic carbocycles. The van der Waals surface area contributed by atoms with Gasteiger partial charge in [-0.2, -0.15) is 0 Å². The Hall–Kier alpha value is -5.50. The average Bonchev–Trinajstić information content (AvgIpc) is 3.65. The van der Waals surface area contributed by atoms with E-state index in [2.05, 4.69) is 187 Å². The zero-order valence-electron chi connectivity index (χ0n) is 30.8. The molecule has 1 heteroatoms. The fourth-order valence-corrected chi connectivity index (χ4v) is 9.44. The summed E-state index contributed by atoms with van der Waals surface area (Å²) in [4.78, 5) is 0. The van der Waals surface area contributed by atoms with Gasteiger partial charge in [0.2, 0.25) is 0 Å². The van der Waals surface area contributed by atoms with E-state index in [1.54, 1.807) is 0 Å². The predicted molar refractivity (Wildman–Crippen MR) is 233 cm³/mol. The van der Waals surface area contributed by atoms with Crippen LogP contribution in [0.25, 0.3) is 63.6 Å². The van der Waals surface area contributed by atoms with Crippen LogP contribution in [0.2, 0.25) is 0 Å². The van der Waals surface area contributed by atoms with Crippen molar-refractivity contribution >= 4 is 75.0 Å². The van der Waals surface area contributed by atoms with Crippen molar-refractivity contribution in [3.05, 3.63) is 192 Å². The van der Waals surface area contributed by atoms with Gasteiger partial charge < -0.3 is 0 Å². The highest BCUT2D eigenvalue weighted by atomic mass is 32.1. The number of thiophene rings is 1. The number of allylic oxidation sites excluding steroid dienone is 12. The van der Waals surface area contributed by atoms with Gasteiger partial charge in [0.25, 0.3) is 0 Å². The molecule has 0 atom stereocenters. The molecule has 254 valence electrons. The van der Waals surface area contributed by atoms with Gasteiger partial charge in [-0.05, 0) is 122 Å². The molecule has 0 spiro atoms. The molecular formula is C51H44S. The fourth-order valence-electron chi connectivity index (χ4n) is 8.30. The van der Waals surface area contributed by atoms with Crippen molar-refractivity contribution in [1.82, 2.24) is 0 Å². The highest BCUT2D eigenvalue weighted by molar-refractivity contribution is 7.25. The predicted octanol–water partition coefficient (Wildman–Crippen LogP) is 15.0. The van der Waals surface area contributed by atoms with E-state index in [1.807, 2.05) is 11.3 Å². The number of hydrogen-bond donors (Lipinski definition) is 0. The van der Waals surface area contributed by atoms with Gasteiger partial charge in [-0.25, -0.2) is 0 Å². The molecule has 0 saturated heterocycles. The smallest absolute Gasteiger partial charge is 0.0361 e. The second kappa shape index (κ2) is 13.2. The van der Waals surface area contributed by atoms with Gasteiger partial charge in [-0.15, -0.1) is 11.3 Å². The third-order valence-electron chi connectivity index (χ3n) is 11.1. The fraction of sp³-hybridized carbons (Fsp3) is 0.137. The first-order valence-electron chi connectivity index (χ1n) is 18.2. The van der Waals surface area contributed by atoms with Crippen molar-refractivity contribution in [2.75, 3.05) is 0 Å². The lowest BCUT2D eigenvalue weighted by Crippen LogP contribution is -2.15. The van der Waals surface area contributed by atoms with Crippen molar-refractivity contribution < 1.29 is 0 Å². The number of hydrogen-bond acceptors (Lipinski definition) is 1. The number of rotatable bonds is 7. The molecule has 8 rings (SSSR count). The van der Waals surface area contributed by atoms with Crippen LogP contribution in [0, 0.1) is 0 Å². The second-order valence-electron chi connectivity index (χ2n) is 14.7. The molecule has 0 unspecified atom stereocenters. The summed E-state index contributed by atoms with van der Waals surface area (Å²) in [7, 11) is 0. The van der Waals surface area contributed by atoms with E-state index in [-0.39, 0.29) is 5.41 Å². The van der Waals surface area contributed by atoms with Gasteiger partial charge in [-0.1, -0.05) is 154 Å². The topological polar surface area (TPSA) is 0 Å². The third kappa shape index (κ3) is 5.61. The maximum Gasteiger partial charge on any atom is 0.0361 e. The highest BCUT2D eigenvalue weighted by Crippen LogP contribution is 2.48. The van der Waals surface area contributed by atoms with Crippen LogP contribution in [-0.4, -0.2) is 0 Å². The maximum absolute atomic E-state index is 4.60. The Morgan fingerprint density at radius 1 is 0.673 bits per heavy atom. The molecule has 7 aromatic rings. The van der Waals surface area contributed by atoms with Gasteiger partial charge in [0.1, 0.15) is 0 Å². The van der Waals surface area contributed by atoms with Gasteiger partial charge in [0.15, 0.2) is 0 Å². The minimum Gasteiger partial charge on any atom is -0.135 e. The minimum absolute atomic E-state index is 0.0781. The molecule has 0 fully saturated rings. The van der Waals surface area contributed by atoms with Gasteiger partial charge in [0, 0.05) is 25.6 Å². The maximum atomic E-state index is 4.60. The lowest BCUT2D eigenvalue weighted by Gasteiger charge is -2.23. The van der Waals surface area contributed by atoms with Gasteiger partial charge in [-0.3, -0.25) is 0 Å². The first-order chi connectivity index (χ1) is 25.2. The molecule has 0 nitrogen and oxygen atoms in total. The average molecular weight is 689 g/mol. The van der Waals surface area contributed by atoms with Crippen LogP contribution in [0.3, 0.4) is 0 Å². The zero-order chi connectivity index (χ0) is 36.1. The molecule has 0 amide bonds. The number of fused-ring (bicyclic) bond motifs is 8. The molecule has 0 saturated carbocycles. The summed E-state index contributed by atoms with van der Waals surface area (Å²) in [6.07, 6.45) is 16.2. The van der Waals surface area contributed by atoms with Crippen LogP contribution in [0.4, 0.5) is 0 Å². The molecule has 1 heterocycles. The Morgan fingerprint density at radius 2 is 1.31 bits per heavy atom. The second-order valence-corrected chi connectivity index (χ2v) is 15.8. The van der Waals surface area contributed by atoms with E-state index in [0.29, 0.717) is 0 Å². The molecular weight excluding hydrogens is 645 g/mol. The van der Waals surface area contributed by atoms with Gasteiger partial charge >= 0.3 is 0 Å². The molecule has 0 radical (unpaired) electrons. The lowest BCUT2D eigenvalue weighted by molar-refractivity contribution is 0.649. The molecule has 1 aromatic heterocycles. The van der Waals surface area contributed by atoms with Crippen molar-refractivity contribution in [3.63, 3.8) is 0 Å². The molecule has 0 N–H and O–H groups in total. The van der Waals surface area contributed by atoms with E-state index in [4.69, 9.17) is 0 Å². The van der Waals surface area contributed by atoms with Gasteiger partial charge in [0.05, 0.1) is 0 Å². The molecule has 1 aliphatic rings. The monoisotopic (exact) mass is 688 g/mol. The largest absolute Gasteiger partial charge is 0.135 e. The van der Waals surface area contributed by atoms with Crippen molar-refractivity contribution in [2.45, 2.75) is 46.5 Å². The summed E-state index contributed by atoms with van der Waals surface area (Å²) >= 11 is 1.89. The summed E-state index contributed by atoms with van der Waals surface area (Å²) in [5.74, 6) is 0. The van der Waals surface area contributed by atoms with Crippen LogP contribution < -0.4 is 0 Å². The van der Waals surface area contributed by atoms with Crippen LogP contribution >= 0.6 is 11.3 Å². The summed E-state index contributed by atoms with van der Waals surface area (Å²) in [5, 5.41) is 10.3. The van der Waals surface area contributed by atoms with Crippen LogP contribution in [0.1, 0.15) is 56.9 Å². The van der Waals surface area contributed by atoms with E-state index in [9.17, 15) is 0 Å². The van der Waals surface area contributed by atoms with Crippen LogP contribution in [-0.2, 0) is 11.8 Å². The van der Waals surface area contributed by atoms with E-state index < -0.39 is 0 Å². The summed E-state index contributed by atoms with van der Waals surface area (Å²) < 4.78 is 2.71.